The number of aryl methyl sites for hydroxylation is 1. The van der Waals surface area contributed by atoms with Crippen molar-refractivity contribution in [2.45, 2.75) is 13.0 Å². The van der Waals surface area contributed by atoms with Crippen LogP contribution < -0.4 is 22.3 Å². The SMILES string of the molecule is NCCNC(=O)CCn1c(=O)[nH]c(=O)c2ccccc21. The third kappa shape index (κ3) is 2.94. The highest BCUT2D eigenvalue weighted by molar-refractivity contribution is 5.78. The number of hydrogen-bond donors (Lipinski definition) is 3. The molecule has 0 aliphatic carbocycles. The van der Waals surface area contributed by atoms with Crippen LogP contribution in [0.4, 0.5) is 0 Å². The smallest absolute Gasteiger partial charge is 0.328 e. The topological polar surface area (TPSA) is 110 Å². The van der Waals surface area contributed by atoms with E-state index in [0.717, 1.165) is 0 Å². The maximum Gasteiger partial charge on any atom is 0.328 e. The lowest BCUT2D eigenvalue weighted by Gasteiger charge is -2.09. The molecule has 0 saturated heterocycles. The molecule has 106 valence electrons. The van der Waals surface area contributed by atoms with Crippen LogP contribution >= 0.6 is 0 Å². The Morgan fingerprint density at radius 2 is 2.05 bits per heavy atom. The number of carbonyl (C=O) groups is 1. The van der Waals surface area contributed by atoms with Crippen molar-refractivity contribution in [3.63, 3.8) is 0 Å². The van der Waals surface area contributed by atoms with Crippen LogP contribution in [0, 0.1) is 0 Å². The molecule has 0 unspecified atom stereocenters. The Labute approximate surface area is 114 Å². The van der Waals surface area contributed by atoms with Gasteiger partial charge in [-0.25, -0.2) is 4.79 Å². The molecule has 0 atom stereocenters. The monoisotopic (exact) mass is 276 g/mol. The summed E-state index contributed by atoms with van der Waals surface area (Å²) in [5.41, 5.74) is 4.88. The summed E-state index contributed by atoms with van der Waals surface area (Å²) in [6, 6.07) is 6.79. The number of hydrogen-bond acceptors (Lipinski definition) is 4. The van der Waals surface area contributed by atoms with Gasteiger partial charge in [0.05, 0.1) is 10.9 Å². The first kappa shape index (κ1) is 14.0. The molecule has 2 rings (SSSR count). The number of H-pyrrole nitrogens is 1. The summed E-state index contributed by atoms with van der Waals surface area (Å²) in [5.74, 6) is -0.183. The van der Waals surface area contributed by atoms with E-state index in [1.54, 1.807) is 24.3 Å². The van der Waals surface area contributed by atoms with E-state index in [1.165, 1.54) is 4.57 Å². The molecule has 0 radical (unpaired) electrons. The fraction of sp³-hybridized carbons (Fsp3) is 0.308. The van der Waals surface area contributed by atoms with E-state index in [2.05, 4.69) is 10.3 Å². The zero-order chi connectivity index (χ0) is 14.5. The molecule has 0 fully saturated rings. The van der Waals surface area contributed by atoms with Crippen LogP contribution in [0.5, 0.6) is 0 Å². The first-order valence-electron chi connectivity index (χ1n) is 6.32. The first-order valence-corrected chi connectivity index (χ1v) is 6.32. The Hall–Kier alpha value is -2.41. The lowest BCUT2D eigenvalue weighted by Crippen LogP contribution is -2.33. The van der Waals surface area contributed by atoms with Gasteiger partial charge in [0.1, 0.15) is 0 Å². The number of para-hydroxylation sites is 1. The number of aromatic amines is 1. The van der Waals surface area contributed by atoms with E-state index in [1.807, 2.05) is 0 Å². The van der Waals surface area contributed by atoms with Crippen molar-refractivity contribution in [1.82, 2.24) is 14.9 Å². The van der Waals surface area contributed by atoms with Crippen molar-refractivity contribution in [1.29, 1.82) is 0 Å². The van der Waals surface area contributed by atoms with Gasteiger partial charge in [0, 0.05) is 26.1 Å². The Kier molecular flexibility index (Phi) is 4.31. The Bertz CT molecular complexity index is 732. The molecule has 7 nitrogen and oxygen atoms in total. The molecule has 0 bridgehead atoms. The van der Waals surface area contributed by atoms with Crippen LogP contribution in [0.3, 0.4) is 0 Å². The highest BCUT2D eigenvalue weighted by Crippen LogP contribution is 2.06. The molecular formula is C13H16N4O3. The summed E-state index contributed by atoms with van der Waals surface area (Å²) in [6.45, 7) is 0.972. The maximum absolute atomic E-state index is 11.8. The summed E-state index contributed by atoms with van der Waals surface area (Å²) in [5, 5.41) is 3.06. The second-order valence-electron chi connectivity index (χ2n) is 4.32. The predicted octanol–water partition coefficient (Wildman–Crippen LogP) is -0.845. The predicted molar refractivity (Wildman–Crippen MR) is 75.5 cm³/mol. The second kappa shape index (κ2) is 6.16. The first-order chi connectivity index (χ1) is 9.63. The molecule has 0 spiro atoms. The highest BCUT2D eigenvalue weighted by atomic mass is 16.2. The van der Waals surface area contributed by atoms with Crippen molar-refractivity contribution >= 4 is 16.8 Å². The average molecular weight is 276 g/mol. The molecule has 0 saturated carbocycles. The summed E-state index contributed by atoms with van der Waals surface area (Å²) >= 11 is 0. The van der Waals surface area contributed by atoms with Crippen LogP contribution in [0.15, 0.2) is 33.9 Å². The van der Waals surface area contributed by atoms with Crippen LogP contribution in [0.2, 0.25) is 0 Å². The largest absolute Gasteiger partial charge is 0.355 e. The Morgan fingerprint density at radius 3 is 2.80 bits per heavy atom. The zero-order valence-corrected chi connectivity index (χ0v) is 10.9. The van der Waals surface area contributed by atoms with Crippen LogP contribution in [0.25, 0.3) is 10.9 Å². The molecule has 20 heavy (non-hydrogen) atoms. The van der Waals surface area contributed by atoms with Gasteiger partial charge in [-0.15, -0.1) is 0 Å². The maximum atomic E-state index is 11.8. The molecule has 4 N–H and O–H groups in total. The number of aromatic nitrogens is 2. The minimum absolute atomic E-state index is 0.149. The number of nitrogens with zero attached hydrogens (tertiary/aromatic N) is 1. The fourth-order valence-corrected chi connectivity index (χ4v) is 1.98. The normalized spacial score (nSPS) is 10.7. The number of nitrogens with two attached hydrogens (primary N) is 1. The van der Waals surface area contributed by atoms with E-state index < -0.39 is 11.2 Å². The minimum Gasteiger partial charge on any atom is -0.355 e. The second-order valence-corrected chi connectivity index (χ2v) is 4.32. The Balaban J connectivity index is 2.28. The molecule has 1 aromatic carbocycles. The third-order valence-corrected chi connectivity index (χ3v) is 2.93. The summed E-state index contributed by atoms with van der Waals surface area (Å²) in [6.07, 6.45) is 0.149. The Morgan fingerprint density at radius 1 is 1.30 bits per heavy atom. The van der Waals surface area contributed by atoms with Gasteiger partial charge in [-0.2, -0.15) is 0 Å². The van der Waals surface area contributed by atoms with Gasteiger partial charge in [-0.3, -0.25) is 19.1 Å². The van der Waals surface area contributed by atoms with Crippen molar-refractivity contribution < 1.29 is 4.79 Å². The van der Waals surface area contributed by atoms with Gasteiger partial charge in [0.2, 0.25) is 5.91 Å². The standard InChI is InChI=1S/C13H16N4O3/c14-6-7-15-11(18)5-8-17-10-4-2-1-3-9(10)12(19)16-13(17)20/h1-4H,5-8,14H2,(H,15,18)(H,16,19,20). The fourth-order valence-electron chi connectivity index (χ4n) is 1.98. The van der Waals surface area contributed by atoms with Crippen LogP contribution in [-0.2, 0) is 11.3 Å². The molecule has 1 amide bonds. The van der Waals surface area contributed by atoms with E-state index in [4.69, 9.17) is 5.73 Å². The van der Waals surface area contributed by atoms with E-state index in [9.17, 15) is 14.4 Å². The molecular weight excluding hydrogens is 260 g/mol. The highest BCUT2D eigenvalue weighted by Gasteiger charge is 2.08. The van der Waals surface area contributed by atoms with Gasteiger partial charge in [0.25, 0.3) is 5.56 Å². The molecule has 7 heteroatoms. The molecule has 0 aliphatic heterocycles. The van der Waals surface area contributed by atoms with Gasteiger partial charge in [0.15, 0.2) is 0 Å². The van der Waals surface area contributed by atoms with E-state index in [-0.39, 0.29) is 18.9 Å². The van der Waals surface area contributed by atoms with Crippen molar-refractivity contribution in [3.05, 3.63) is 45.1 Å². The van der Waals surface area contributed by atoms with Crippen LogP contribution in [0.1, 0.15) is 6.42 Å². The van der Waals surface area contributed by atoms with Crippen molar-refractivity contribution in [2.75, 3.05) is 13.1 Å². The average Bonchev–Trinajstić information content (AvgIpc) is 2.45. The zero-order valence-electron chi connectivity index (χ0n) is 10.9. The van der Waals surface area contributed by atoms with Gasteiger partial charge < -0.3 is 11.1 Å². The van der Waals surface area contributed by atoms with Crippen molar-refractivity contribution in [2.24, 2.45) is 5.73 Å². The van der Waals surface area contributed by atoms with Crippen LogP contribution in [-0.4, -0.2) is 28.5 Å². The molecule has 0 aliphatic rings. The van der Waals surface area contributed by atoms with E-state index in [0.29, 0.717) is 24.0 Å². The third-order valence-electron chi connectivity index (χ3n) is 2.93. The molecule has 2 aromatic rings. The summed E-state index contributed by atoms with van der Waals surface area (Å²) in [4.78, 5) is 37.3. The number of benzene rings is 1. The lowest BCUT2D eigenvalue weighted by molar-refractivity contribution is -0.121. The number of carbonyl (C=O) groups excluding carboxylic acids is 1. The minimum atomic E-state index is -0.514. The van der Waals surface area contributed by atoms with Gasteiger partial charge in [-0.1, -0.05) is 12.1 Å². The van der Waals surface area contributed by atoms with Crippen molar-refractivity contribution in [3.8, 4) is 0 Å². The van der Waals surface area contributed by atoms with E-state index >= 15 is 0 Å². The van der Waals surface area contributed by atoms with Gasteiger partial charge in [-0.05, 0) is 12.1 Å². The summed E-state index contributed by atoms with van der Waals surface area (Å²) in [7, 11) is 0. The molecule has 1 aromatic heterocycles. The quantitative estimate of drug-likeness (QED) is 0.661. The number of fused-ring (bicyclic) bond motifs is 1. The molecule has 1 heterocycles. The van der Waals surface area contributed by atoms with Gasteiger partial charge >= 0.3 is 5.69 Å². The number of nitrogens with one attached hydrogen (secondary N) is 2. The number of amides is 1. The summed E-state index contributed by atoms with van der Waals surface area (Å²) < 4.78 is 1.39. The lowest BCUT2D eigenvalue weighted by atomic mass is 10.2. The number of rotatable bonds is 5.